The van der Waals surface area contributed by atoms with Crippen molar-refractivity contribution in [3.8, 4) is 5.75 Å². The van der Waals surface area contributed by atoms with Crippen LogP contribution >= 0.6 is 11.3 Å². The summed E-state index contributed by atoms with van der Waals surface area (Å²) in [6.07, 6.45) is 4.30. The maximum atomic E-state index is 11.2. The topological polar surface area (TPSA) is 64.4 Å². The Morgan fingerprint density at radius 1 is 1.55 bits per heavy atom. The molecule has 0 aliphatic rings. The first-order chi connectivity index (χ1) is 9.52. The molecule has 0 fully saturated rings. The fourth-order valence-electron chi connectivity index (χ4n) is 1.91. The van der Waals surface area contributed by atoms with Crippen LogP contribution in [-0.2, 0) is 13.0 Å². The molecular weight excluding hydrogens is 276 g/mol. The number of carbonyl (C=O) groups is 1. The first-order valence-electron chi connectivity index (χ1n) is 6.52. The van der Waals surface area contributed by atoms with Gasteiger partial charge in [0, 0.05) is 10.9 Å². The zero-order valence-electron chi connectivity index (χ0n) is 11.8. The van der Waals surface area contributed by atoms with Crippen LogP contribution in [0.15, 0.2) is 18.6 Å². The van der Waals surface area contributed by atoms with E-state index in [0.29, 0.717) is 18.4 Å². The number of hydrogen-bond donors (Lipinski definition) is 1. The molecule has 0 saturated carbocycles. The molecule has 0 aliphatic carbocycles. The Balaban J connectivity index is 2.16. The van der Waals surface area contributed by atoms with Gasteiger partial charge in [0.05, 0.1) is 18.2 Å². The quantitative estimate of drug-likeness (QED) is 0.887. The van der Waals surface area contributed by atoms with Crippen molar-refractivity contribution in [2.75, 3.05) is 0 Å². The highest BCUT2D eigenvalue weighted by Gasteiger charge is 2.17. The number of rotatable bonds is 6. The van der Waals surface area contributed by atoms with Crippen LogP contribution in [0.2, 0.25) is 0 Å². The van der Waals surface area contributed by atoms with Crippen LogP contribution in [0.4, 0.5) is 0 Å². The smallest absolute Gasteiger partial charge is 0.349 e. The molecule has 0 saturated heterocycles. The predicted octanol–water partition coefficient (Wildman–Crippen LogP) is 3.37. The Labute approximate surface area is 121 Å². The normalized spacial score (nSPS) is 11.0. The average molecular weight is 294 g/mol. The third-order valence-electron chi connectivity index (χ3n) is 2.97. The molecule has 2 heterocycles. The molecule has 2 rings (SSSR count). The number of carboxylic acid groups (broad SMARTS) is 1. The van der Waals surface area contributed by atoms with Gasteiger partial charge in [-0.2, -0.15) is 0 Å². The number of aryl methyl sites for hydroxylation is 1. The number of imidazole rings is 1. The number of carboxylic acids is 1. The van der Waals surface area contributed by atoms with Gasteiger partial charge in [-0.3, -0.25) is 0 Å². The third-order valence-corrected chi connectivity index (χ3v) is 4.22. The number of nitrogens with zero attached hydrogens (tertiary/aromatic N) is 2. The summed E-state index contributed by atoms with van der Waals surface area (Å²) >= 11 is 1.27. The number of aromatic carboxylic acids is 1. The second-order valence-corrected chi connectivity index (χ2v) is 5.88. The lowest BCUT2D eigenvalue weighted by Gasteiger charge is -2.12. The number of aromatic nitrogens is 2. The molecule has 20 heavy (non-hydrogen) atoms. The van der Waals surface area contributed by atoms with Gasteiger partial charge < -0.3 is 14.4 Å². The molecule has 2 aromatic rings. The number of thiophene rings is 1. The summed E-state index contributed by atoms with van der Waals surface area (Å²) in [6, 6.07) is 2.10. The van der Waals surface area contributed by atoms with Crippen LogP contribution in [0.5, 0.6) is 5.75 Å². The minimum absolute atomic E-state index is 0.262. The standard InChI is InChI=1S/C14H18N2O3S/c1-4-11-5-12(13(20-11)14(17)18)19-7-10-6-15-8-16(10)9(2)3/h5-6,8-9H,4,7H2,1-3H3,(H,17,18). The Hall–Kier alpha value is -1.82. The Morgan fingerprint density at radius 3 is 2.90 bits per heavy atom. The van der Waals surface area contributed by atoms with Gasteiger partial charge in [-0.1, -0.05) is 6.92 Å². The lowest BCUT2D eigenvalue weighted by Crippen LogP contribution is -2.08. The Morgan fingerprint density at radius 2 is 2.30 bits per heavy atom. The Kier molecular flexibility index (Phi) is 4.44. The highest BCUT2D eigenvalue weighted by atomic mass is 32.1. The van der Waals surface area contributed by atoms with Crippen molar-refractivity contribution >= 4 is 17.3 Å². The largest absolute Gasteiger partial charge is 0.486 e. The molecule has 0 radical (unpaired) electrons. The molecule has 6 heteroatoms. The molecule has 2 aromatic heterocycles. The molecular formula is C14H18N2O3S. The fraction of sp³-hybridized carbons (Fsp3) is 0.429. The zero-order valence-corrected chi connectivity index (χ0v) is 12.6. The molecule has 0 aromatic carbocycles. The predicted molar refractivity (Wildman–Crippen MR) is 77.6 cm³/mol. The molecule has 0 amide bonds. The van der Waals surface area contributed by atoms with Gasteiger partial charge in [0.2, 0.25) is 0 Å². The number of hydrogen-bond acceptors (Lipinski definition) is 4. The van der Waals surface area contributed by atoms with Gasteiger partial charge in [-0.25, -0.2) is 9.78 Å². The average Bonchev–Trinajstić information content (AvgIpc) is 3.02. The summed E-state index contributed by atoms with van der Waals surface area (Å²) in [6.45, 7) is 6.44. The van der Waals surface area contributed by atoms with E-state index in [0.717, 1.165) is 17.0 Å². The summed E-state index contributed by atoms with van der Waals surface area (Å²) in [7, 11) is 0. The first-order valence-corrected chi connectivity index (χ1v) is 7.34. The van der Waals surface area contributed by atoms with Gasteiger partial charge in [0.25, 0.3) is 0 Å². The van der Waals surface area contributed by atoms with Crippen LogP contribution in [0.25, 0.3) is 0 Å². The van der Waals surface area contributed by atoms with Crippen molar-refractivity contribution in [2.24, 2.45) is 0 Å². The molecule has 0 bridgehead atoms. The third kappa shape index (κ3) is 3.01. The van der Waals surface area contributed by atoms with Gasteiger partial charge in [0.1, 0.15) is 12.4 Å². The molecule has 0 spiro atoms. The second kappa shape index (κ2) is 6.09. The maximum Gasteiger partial charge on any atom is 0.349 e. The van der Waals surface area contributed by atoms with Crippen LogP contribution in [0.1, 0.15) is 47.1 Å². The lowest BCUT2D eigenvalue weighted by atomic mass is 10.3. The van der Waals surface area contributed by atoms with E-state index in [1.54, 1.807) is 12.5 Å². The molecule has 108 valence electrons. The zero-order chi connectivity index (χ0) is 14.7. The summed E-state index contributed by atoms with van der Waals surface area (Å²) < 4.78 is 7.69. The summed E-state index contributed by atoms with van der Waals surface area (Å²) in [4.78, 5) is 16.6. The van der Waals surface area contributed by atoms with Crippen molar-refractivity contribution in [1.82, 2.24) is 9.55 Å². The van der Waals surface area contributed by atoms with Crippen LogP contribution < -0.4 is 4.74 Å². The van der Waals surface area contributed by atoms with E-state index >= 15 is 0 Å². The van der Waals surface area contributed by atoms with E-state index in [1.807, 2.05) is 17.6 Å². The molecule has 0 atom stereocenters. The highest BCUT2D eigenvalue weighted by Crippen LogP contribution is 2.30. The fourth-order valence-corrected chi connectivity index (χ4v) is 2.79. The van der Waals surface area contributed by atoms with Gasteiger partial charge in [-0.05, 0) is 26.3 Å². The maximum absolute atomic E-state index is 11.2. The van der Waals surface area contributed by atoms with Crippen LogP contribution in [0.3, 0.4) is 0 Å². The lowest BCUT2D eigenvalue weighted by molar-refractivity contribution is 0.0697. The SMILES string of the molecule is CCc1cc(OCc2cncn2C(C)C)c(C(=O)O)s1. The van der Waals surface area contributed by atoms with Gasteiger partial charge in [-0.15, -0.1) is 11.3 Å². The minimum Gasteiger partial charge on any atom is -0.486 e. The molecule has 0 aliphatic heterocycles. The summed E-state index contributed by atoms with van der Waals surface area (Å²) in [5, 5.41) is 9.19. The van der Waals surface area contributed by atoms with E-state index < -0.39 is 5.97 Å². The molecule has 0 unspecified atom stereocenters. The molecule has 5 nitrogen and oxygen atoms in total. The van der Waals surface area contributed by atoms with Crippen LogP contribution in [-0.4, -0.2) is 20.6 Å². The Bertz CT molecular complexity index is 601. The summed E-state index contributed by atoms with van der Waals surface area (Å²) in [5.41, 5.74) is 0.931. The monoisotopic (exact) mass is 294 g/mol. The first kappa shape index (κ1) is 14.6. The van der Waals surface area contributed by atoms with E-state index in [-0.39, 0.29) is 4.88 Å². The molecule has 1 N–H and O–H groups in total. The van der Waals surface area contributed by atoms with Crippen molar-refractivity contribution in [3.63, 3.8) is 0 Å². The van der Waals surface area contributed by atoms with Crippen molar-refractivity contribution in [3.05, 3.63) is 34.0 Å². The van der Waals surface area contributed by atoms with E-state index in [2.05, 4.69) is 18.8 Å². The minimum atomic E-state index is -0.943. The van der Waals surface area contributed by atoms with E-state index in [1.165, 1.54) is 11.3 Å². The van der Waals surface area contributed by atoms with E-state index in [9.17, 15) is 9.90 Å². The summed E-state index contributed by atoms with van der Waals surface area (Å²) in [5.74, 6) is -0.502. The van der Waals surface area contributed by atoms with E-state index in [4.69, 9.17) is 4.74 Å². The van der Waals surface area contributed by atoms with Crippen molar-refractivity contribution in [1.29, 1.82) is 0 Å². The van der Waals surface area contributed by atoms with Gasteiger partial charge >= 0.3 is 5.97 Å². The van der Waals surface area contributed by atoms with Crippen molar-refractivity contribution in [2.45, 2.75) is 39.8 Å². The number of ether oxygens (including phenoxy) is 1. The highest BCUT2D eigenvalue weighted by molar-refractivity contribution is 7.14. The van der Waals surface area contributed by atoms with Crippen LogP contribution in [0, 0.1) is 0 Å². The van der Waals surface area contributed by atoms with Gasteiger partial charge in [0.15, 0.2) is 4.88 Å². The van der Waals surface area contributed by atoms with Crippen molar-refractivity contribution < 1.29 is 14.6 Å². The second-order valence-electron chi connectivity index (χ2n) is 4.74.